The van der Waals surface area contributed by atoms with Gasteiger partial charge >= 0.3 is 0 Å². The van der Waals surface area contributed by atoms with Crippen LogP contribution < -0.4 is 10.1 Å². The number of nitrogens with zero attached hydrogens (tertiary/aromatic N) is 2. The molecular weight excluding hydrogens is 334 g/mol. The molecule has 1 unspecified atom stereocenters. The van der Waals surface area contributed by atoms with Crippen LogP contribution in [-0.2, 0) is 10.8 Å². The Bertz CT molecular complexity index is 582. The second-order valence-corrected chi connectivity index (χ2v) is 9.26. The van der Waals surface area contributed by atoms with Gasteiger partial charge in [-0.1, -0.05) is 18.2 Å². The predicted molar refractivity (Wildman–Crippen MR) is 108 cm³/mol. The minimum absolute atomic E-state index is 0.193. The van der Waals surface area contributed by atoms with E-state index in [0.717, 1.165) is 30.4 Å². The summed E-state index contributed by atoms with van der Waals surface area (Å²) in [5.41, 5.74) is 1.13. The summed E-state index contributed by atoms with van der Waals surface area (Å²) >= 11 is 0. The first-order valence-corrected chi connectivity index (χ1v) is 10.1. The molecule has 0 bridgehead atoms. The fourth-order valence-corrected chi connectivity index (χ4v) is 3.00. The van der Waals surface area contributed by atoms with Crippen molar-refractivity contribution in [2.24, 2.45) is 4.99 Å². The van der Waals surface area contributed by atoms with Crippen molar-refractivity contribution < 1.29 is 8.95 Å². The third kappa shape index (κ3) is 7.90. The van der Waals surface area contributed by atoms with Gasteiger partial charge in [0, 0.05) is 34.9 Å². The highest BCUT2D eigenvalue weighted by Gasteiger charge is 2.18. The van der Waals surface area contributed by atoms with Crippen LogP contribution in [0.3, 0.4) is 0 Å². The van der Waals surface area contributed by atoms with Crippen molar-refractivity contribution in [1.82, 2.24) is 10.2 Å². The van der Waals surface area contributed by atoms with Crippen LogP contribution in [0, 0.1) is 6.92 Å². The van der Waals surface area contributed by atoms with Crippen LogP contribution in [0.25, 0.3) is 0 Å². The van der Waals surface area contributed by atoms with Gasteiger partial charge in [0.15, 0.2) is 5.96 Å². The summed E-state index contributed by atoms with van der Waals surface area (Å²) in [5, 5.41) is 3.28. The van der Waals surface area contributed by atoms with E-state index in [-0.39, 0.29) is 4.75 Å². The fraction of sp³-hybridized carbons (Fsp3) is 0.632. The quantitative estimate of drug-likeness (QED) is 0.567. The highest BCUT2D eigenvalue weighted by atomic mass is 32.2. The van der Waals surface area contributed by atoms with Crippen LogP contribution in [0.5, 0.6) is 5.75 Å². The number of hydrogen-bond acceptors (Lipinski definition) is 3. The van der Waals surface area contributed by atoms with Crippen LogP contribution in [0.15, 0.2) is 29.3 Å². The molecule has 1 atom stereocenters. The van der Waals surface area contributed by atoms with Gasteiger partial charge in [-0.2, -0.15) is 0 Å². The van der Waals surface area contributed by atoms with Gasteiger partial charge < -0.3 is 15.0 Å². The van der Waals surface area contributed by atoms with Gasteiger partial charge in [0.05, 0.1) is 13.1 Å². The van der Waals surface area contributed by atoms with Gasteiger partial charge in [-0.25, -0.2) is 0 Å². The zero-order valence-electron chi connectivity index (χ0n) is 16.5. The highest BCUT2D eigenvalue weighted by molar-refractivity contribution is 7.86. The third-order valence-electron chi connectivity index (χ3n) is 3.70. The molecule has 0 radical (unpaired) electrons. The largest absolute Gasteiger partial charge is 0.491 e. The minimum Gasteiger partial charge on any atom is -0.491 e. The molecular formula is C19H33N3O2S. The van der Waals surface area contributed by atoms with E-state index >= 15 is 0 Å². The maximum Gasteiger partial charge on any atom is 0.193 e. The van der Waals surface area contributed by atoms with Crippen LogP contribution in [0.2, 0.25) is 0 Å². The zero-order chi connectivity index (χ0) is 18.9. The van der Waals surface area contributed by atoms with Gasteiger partial charge in [-0.15, -0.1) is 0 Å². The standard InChI is InChI=1S/C19H33N3O2S/c1-7-20-18(21-12-15-25(23)19(3,4)5)22(6)13-14-24-17-11-9-8-10-16(17)2/h8-11H,7,12-15H2,1-6H3,(H,20,21). The van der Waals surface area contributed by atoms with E-state index in [0.29, 0.717) is 18.9 Å². The Morgan fingerprint density at radius 1 is 1.32 bits per heavy atom. The highest BCUT2D eigenvalue weighted by Crippen LogP contribution is 2.15. The van der Waals surface area contributed by atoms with E-state index < -0.39 is 10.8 Å². The third-order valence-corrected chi connectivity index (χ3v) is 5.61. The SMILES string of the molecule is CCNC(=NCCS(=O)C(C)(C)C)N(C)CCOc1ccccc1C. The van der Waals surface area contributed by atoms with Crippen LogP contribution >= 0.6 is 0 Å². The molecule has 1 N–H and O–H groups in total. The van der Waals surface area contributed by atoms with Gasteiger partial charge in [-0.3, -0.25) is 9.20 Å². The van der Waals surface area contributed by atoms with Gasteiger partial charge in [0.1, 0.15) is 12.4 Å². The van der Waals surface area contributed by atoms with E-state index in [2.05, 4.69) is 10.3 Å². The van der Waals surface area contributed by atoms with E-state index in [1.54, 1.807) is 0 Å². The number of rotatable bonds is 8. The lowest BCUT2D eigenvalue weighted by Crippen LogP contribution is -2.41. The molecule has 1 rings (SSSR count). The molecule has 25 heavy (non-hydrogen) atoms. The van der Waals surface area contributed by atoms with E-state index in [9.17, 15) is 4.21 Å². The lowest BCUT2D eigenvalue weighted by atomic mass is 10.2. The Hall–Kier alpha value is -1.56. The molecule has 1 aromatic rings. The Balaban J connectivity index is 2.52. The van der Waals surface area contributed by atoms with E-state index in [4.69, 9.17) is 4.74 Å². The number of guanidine groups is 1. The first-order valence-electron chi connectivity index (χ1n) is 8.82. The monoisotopic (exact) mass is 367 g/mol. The molecule has 6 heteroatoms. The first kappa shape index (κ1) is 21.5. The van der Waals surface area contributed by atoms with Crippen LogP contribution in [-0.4, -0.2) is 58.9 Å². The summed E-state index contributed by atoms with van der Waals surface area (Å²) in [7, 11) is 1.11. The van der Waals surface area contributed by atoms with Crippen molar-refractivity contribution in [3.8, 4) is 5.75 Å². The van der Waals surface area contributed by atoms with Crippen molar-refractivity contribution in [2.45, 2.75) is 39.4 Å². The molecule has 0 amide bonds. The normalized spacial score (nSPS) is 13.4. The average molecular weight is 368 g/mol. The van der Waals surface area contributed by atoms with E-state index in [1.165, 1.54) is 0 Å². The predicted octanol–water partition coefficient (Wildman–Crippen LogP) is 2.82. The molecule has 0 aliphatic rings. The molecule has 5 nitrogen and oxygen atoms in total. The first-order chi connectivity index (χ1) is 11.8. The molecule has 142 valence electrons. The van der Waals surface area contributed by atoms with Crippen molar-refractivity contribution in [3.05, 3.63) is 29.8 Å². The number of para-hydroxylation sites is 1. The Kier molecular flexibility index (Phi) is 8.97. The molecule has 0 aliphatic heterocycles. The van der Waals surface area contributed by atoms with Crippen molar-refractivity contribution in [2.75, 3.05) is 39.0 Å². The summed E-state index contributed by atoms with van der Waals surface area (Å²) in [4.78, 5) is 6.64. The summed E-state index contributed by atoms with van der Waals surface area (Å²) < 4.78 is 17.8. The van der Waals surface area contributed by atoms with Crippen molar-refractivity contribution in [3.63, 3.8) is 0 Å². The number of benzene rings is 1. The fourth-order valence-electron chi connectivity index (χ4n) is 2.13. The summed E-state index contributed by atoms with van der Waals surface area (Å²) in [6.45, 7) is 12.7. The molecule has 0 aromatic heterocycles. The maximum absolute atomic E-state index is 12.1. The average Bonchev–Trinajstić information content (AvgIpc) is 2.54. The maximum atomic E-state index is 12.1. The number of nitrogens with one attached hydrogen (secondary N) is 1. The zero-order valence-corrected chi connectivity index (χ0v) is 17.3. The smallest absolute Gasteiger partial charge is 0.193 e. The van der Waals surface area contributed by atoms with Crippen molar-refractivity contribution in [1.29, 1.82) is 0 Å². The van der Waals surface area contributed by atoms with Crippen LogP contribution in [0.1, 0.15) is 33.3 Å². The molecule has 1 aromatic carbocycles. The van der Waals surface area contributed by atoms with Gasteiger partial charge in [-0.05, 0) is 46.2 Å². The number of aryl methyl sites for hydroxylation is 1. The molecule has 0 fully saturated rings. The molecule has 0 saturated heterocycles. The molecule has 0 heterocycles. The number of ether oxygens (including phenoxy) is 1. The van der Waals surface area contributed by atoms with E-state index in [1.807, 2.05) is 70.8 Å². The lowest BCUT2D eigenvalue weighted by molar-refractivity contribution is 0.280. The Labute approximate surface area is 155 Å². The Morgan fingerprint density at radius 2 is 2.00 bits per heavy atom. The van der Waals surface area contributed by atoms with Crippen LogP contribution in [0.4, 0.5) is 0 Å². The topological polar surface area (TPSA) is 53.9 Å². The minimum atomic E-state index is -0.882. The Morgan fingerprint density at radius 3 is 2.60 bits per heavy atom. The lowest BCUT2D eigenvalue weighted by Gasteiger charge is -2.23. The summed E-state index contributed by atoms with van der Waals surface area (Å²) in [6, 6.07) is 8.01. The number of aliphatic imine (C=N–C) groups is 1. The summed E-state index contributed by atoms with van der Waals surface area (Å²) in [5.74, 6) is 2.31. The van der Waals surface area contributed by atoms with Gasteiger partial charge in [0.2, 0.25) is 0 Å². The molecule has 0 aliphatic carbocycles. The second kappa shape index (κ2) is 10.4. The van der Waals surface area contributed by atoms with Gasteiger partial charge in [0.25, 0.3) is 0 Å². The second-order valence-electron chi connectivity index (χ2n) is 6.93. The van der Waals surface area contributed by atoms with Crippen molar-refractivity contribution >= 4 is 16.8 Å². The number of hydrogen-bond donors (Lipinski definition) is 1. The molecule has 0 saturated carbocycles. The number of likely N-dealkylation sites (N-methyl/N-ethyl adjacent to an activating group) is 1. The summed E-state index contributed by atoms with van der Waals surface area (Å²) in [6.07, 6.45) is 0. The molecule has 0 spiro atoms.